The van der Waals surface area contributed by atoms with Crippen LogP contribution in [-0.4, -0.2) is 64.7 Å². The molecule has 11 atom stereocenters. The van der Waals surface area contributed by atoms with E-state index in [1.54, 1.807) is 6.08 Å². The lowest BCUT2D eigenvalue weighted by Gasteiger charge is -2.52. The van der Waals surface area contributed by atoms with Gasteiger partial charge in [0.05, 0.1) is 18.3 Å². The maximum atomic E-state index is 13.7. The lowest BCUT2D eigenvalue weighted by atomic mass is 9.80. The van der Waals surface area contributed by atoms with Crippen LogP contribution < -0.4 is 0 Å². The van der Waals surface area contributed by atoms with E-state index in [2.05, 4.69) is 128 Å². The molecule has 0 aromatic heterocycles. The smallest absolute Gasteiger partial charge is 0.330 e. The van der Waals surface area contributed by atoms with Gasteiger partial charge in [-0.3, -0.25) is 4.79 Å². The first-order valence-electron chi connectivity index (χ1n) is 21.1. The number of Topliss-reactive ketones (excluding diaryl/α,β-unsaturated/α-hetero) is 1. The third kappa shape index (κ3) is 13.9. The molecule has 0 N–H and O–H groups in total. The second-order valence-electron chi connectivity index (χ2n) is 19.9. The Labute approximate surface area is 347 Å². The number of rotatable bonds is 18. The molecule has 0 aliphatic carbocycles. The van der Waals surface area contributed by atoms with Crippen molar-refractivity contribution in [1.82, 2.24) is 0 Å². The topological polar surface area (TPSA) is 80.3 Å². The highest BCUT2D eigenvalue weighted by Crippen LogP contribution is 2.47. The molecule has 314 valence electrons. The molecule has 2 aliphatic rings. The number of halogens is 1. The normalized spacial score (nSPS) is 29.0. The van der Waals surface area contributed by atoms with Crippen molar-refractivity contribution in [3.63, 3.8) is 0 Å². The highest BCUT2D eigenvalue weighted by Gasteiger charge is 2.52. The summed E-state index contributed by atoms with van der Waals surface area (Å²) in [5, 5.41) is 0.124. The summed E-state index contributed by atoms with van der Waals surface area (Å²) in [5.74, 6) is -0.594. The van der Waals surface area contributed by atoms with Crippen LogP contribution in [0.25, 0.3) is 0 Å². The van der Waals surface area contributed by atoms with Crippen molar-refractivity contribution < 1.29 is 32.7 Å². The van der Waals surface area contributed by atoms with Crippen LogP contribution in [0.2, 0.25) is 36.3 Å². The van der Waals surface area contributed by atoms with Gasteiger partial charge in [-0.2, -0.15) is 0 Å². The second kappa shape index (κ2) is 20.5. The summed E-state index contributed by atoms with van der Waals surface area (Å²) in [6.07, 6.45) is 11.5. The average molecular weight is 905 g/mol. The average Bonchev–Trinajstić information content (AvgIpc) is 3.06. The Morgan fingerprint density at radius 2 is 1.48 bits per heavy atom. The summed E-state index contributed by atoms with van der Waals surface area (Å²) < 4.78 is 36.3. The Morgan fingerprint density at radius 3 is 2.02 bits per heavy atom. The largest absolute Gasteiger partial charge is 0.459 e. The maximum absolute atomic E-state index is 13.7. The predicted octanol–water partition coefficient (Wildman–Crippen LogP) is 12.6. The summed E-state index contributed by atoms with van der Waals surface area (Å²) in [4.78, 5) is 26.7. The van der Waals surface area contributed by atoms with Crippen molar-refractivity contribution in [2.45, 2.75) is 214 Å². The monoisotopic (exact) mass is 904 g/mol. The van der Waals surface area contributed by atoms with Gasteiger partial charge in [-0.15, -0.1) is 0 Å². The van der Waals surface area contributed by atoms with Crippen LogP contribution in [0.5, 0.6) is 0 Å². The molecule has 54 heavy (non-hydrogen) atoms. The Kier molecular flexibility index (Phi) is 18.9. The number of ether oxygens (including phenoxy) is 3. The summed E-state index contributed by atoms with van der Waals surface area (Å²) in [6.45, 7) is 37.3. The quantitative estimate of drug-likeness (QED) is 0.0586. The number of esters is 1. The van der Waals surface area contributed by atoms with E-state index < -0.39 is 22.4 Å². The number of carbonyl (C=O) groups is 2. The van der Waals surface area contributed by atoms with E-state index in [1.165, 1.54) is 0 Å². The fourth-order valence-corrected chi connectivity index (χ4v) is 10.9. The molecule has 0 aromatic rings. The van der Waals surface area contributed by atoms with E-state index in [4.69, 9.17) is 23.1 Å². The number of ketones is 1. The zero-order valence-electron chi connectivity index (χ0n) is 37.5. The molecule has 10 heteroatoms. The van der Waals surface area contributed by atoms with E-state index in [0.29, 0.717) is 24.7 Å². The summed E-state index contributed by atoms with van der Waals surface area (Å²) in [6, 6.07) is 0. The Bertz CT molecular complexity index is 1250. The maximum Gasteiger partial charge on any atom is 0.330 e. The fourth-order valence-electron chi connectivity index (χ4n) is 7.42. The van der Waals surface area contributed by atoms with E-state index in [-0.39, 0.29) is 70.1 Å². The van der Waals surface area contributed by atoms with Crippen molar-refractivity contribution in [3.05, 3.63) is 22.3 Å². The number of allylic oxidation sites excluding steroid dienone is 1. The van der Waals surface area contributed by atoms with E-state index in [9.17, 15) is 9.59 Å². The highest BCUT2D eigenvalue weighted by atomic mass is 127. The van der Waals surface area contributed by atoms with Crippen molar-refractivity contribution in [1.29, 1.82) is 0 Å². The molecule has 0 amide bonds. The second-order valence-corrected chi connectivity index (χ2v) is 30.2. The molecular weight excluding hydrogens is 824 g/mol. The van der Waals surface area contributed by atoms with Gasteiger partial charge in [-0.25, -0.2) is 4.79 Å². The van der Waals surface area contributed by atoms with Gasteiger partial charge in [-0.1, -0.05) is 118 Å². The van der Waals surface area contributed by atoms with Gasteiger partial charge in [-0.05, 0) is 91.2 Å². The first-order valence-corrected chi connectivity index (χ1v) is 28.2. The lowest BCUT2D eigenvalue weighted by Crippen LogP contribution is -2.57. The molecule has 0 radical (unpaired) electrons. The van der Waals surface area contributed by atoms with Gasteiger partial charge in [0.2, 0.25) is 0 Å². The molecule has 2 fully saturated rings. The zero-order chi connectivity index (χ0) is 41.4. The lowest BCUT2D eigenvalue weighted by molar-refractivity contribution is -0.347. The van der Waals surface area contributed by atoms with Crippen LogP contribution in [0.1, 0.15) is 141 Å². The summed E-state index contributed by atoms with van der Waals surface area (Å²) in [7, 11) is -4.13. The van der Waals surface area contributed by atoms with Crippen LogP contribution in [0.3, 0.4) is 0 Å². The van der Waals surface area contributed by atoms with Crippen LogP contribution in [-0.2, 0) is 32.7 Å². The van der Waals surface area contributed by atoms with Gasteiger partial charge in [0, 0.05) is 49.2 Å². The van der Waals surface area contributed by atoms with Crippen LogP contribution in [0.4, 0.5) is 0 Å². The molecule has 2 rings (SSSR count). The van der Waals surface area contributed by atoms with Crippen molar-refractivity contribution in [2.24, 2.45) is 29.6 Å². The van der Waals surface area contributed by atoms with Gasteiger partial charge in [0.15, 0.2) is 22.4 Å². The van der Waals surface area contributed by atoms with Crippen molar-refractivity contribution in [3.8, 4) is 0 Å². The molecular formula is C44H81IO7Si2. The van der Waals surface area contributed by atoms with Crippen LogP contribution >= 0.6 is 22.6 Å². The zero-order valence-corrected chi connectivity index (χ0v) is 41.6. The minimum atomic E-state index is -2.19. The minimum Gasteiger partial charge on any atom is -0.459 e. The van der Waals surface area contributed by atoms with Crippen molar-refractivity contribution >= 4 is 51.0 Å². The first kappa shape index (κ1) is 49.8. The number of hydrogen-bond donors (Lipinski definition) is 0. The van der Waals surface area contributed by atoms with E-state index >= 15 is 0 Å². The molecule has 0 aromatic carbocycles. The number of carbonyl (C=O) groups excluding carboxylic acids is 2. The Balaban J connectivity index is 2.36. The Morgan fingerprint density at radius 1 is 0.907 bits per heavy atom. The van der Waals surface area contributed by atoms with E-state index in [0.717, 1.165) is 38.5 Å². The molecule has 0 bridgehead atoms. The summed E-state index contributed by atoms with van der Waals surface area (Å²) >= 11 is 2.30. The van der Waals surface area contributed by atoms with Crippen molar-refractivity contribution in [2.75, 3.05) is 0 Å². The Hall–Kier alpha value is -0.376. The first-order chi connectivity index (χ1) is 24.7. The van der Waals surface area contributed by atoms with E-state index in [1.807, 2.05) is 26.8 Å². The third-order valence-corrected chi connectivity index (χ3v) is 23.0. The fraction of sp³-hybridized carbons (Fsp3) is 0.864. The molecule has 7 nitrogen and oxygen atoms in total. The van der Waals surface area contributed by atoms with Gasteiger partial charge >= 0.3 is 5.97 Å². The third-order valence-electron chi connectivity index (χ3n) is 13.5. The van der Waals surface area contributed by atoms with Crippen LogP contribution in [0.15, 0.2) is 22.3 Å². The van der Waals surface area contributed by atoms with Gasteiger partial charge in [0.1, 0.15) is 11.9 Å². The number of hydrogen-bond acceptors (Lipinski definition) is 7. The highest BCUT2D eigenvalue weighted by molar-refractivity contribution is 14.1. The minimum absolute atomic E-state index is 0.00518. The molecule has 0 saturated carbocycles. The standard InChI is InChI=1S/C44H81IO7Si2/c1-18-35(25-27-45)21-22-37-34(7)39(29-44(49-37)26-24-30(3)38(50-44)28-32(5)51-53(14,15)42(8,9)10)48-40(47)23-20-31(4)41(33(6)36(46)19-2)52-54(16,17)43(11,12)13/h20,23,25,27,30-35,37-39,41H,18-19,21-22,24,26,28-29H2,1-17H3/b23-20+,27-25+/t30-,31-,32+,33+,34+,35-,37-,38-,39-,41+,44-/m0/s1. The molecule has 2 saturated heterocycles. The predicted molar refractivity (Wildman–Crippen MR) is 238 cm³/mol. The van der Waals surface area contributed by atoms with Gasteiger partial charge < -0.3 is 23.1 Å². The molecule has 2 heterocycles. The molecule has 0 unspecified atom stereocenters. The molecule has 2 aliphatic heterocycles. The molecule has 1 spiro atoms. The SMILES string of the molecule is CCC(=O)[C@@H](C)[C@H](O[Si](C)(C)C(C)(C)C)[C@@H](C)/C=C/C(=O)O[C@H]1C[C@@]2(CC[C@H](C)[C@H](C[C@@H](C)O[Si](C)(C)C(C)(C)C)O2)O[C@@H](CC[C@@H](/C=C/I)CC)[C@H]1C. The summed E-state index contributed by atoms with van der Waals surface area (Å²) in [5.41, 5.74) is 0. The van der Waals surface area contributed by atoms with Gasteiger partial charge in [0.25, 0.3) is 0 Å². The van der Waals surface area contributed by atoms with Crippen LogP contribution in [0, 0.1) is 29.6 Å².